The van der Waals surface area contributed by atoms with E-state index < -0.39 is 5.60 Å². The van der Waals surface area contributed by atoms with Crippen LogP contribution in [0.5, 0.6) is 0 Å². The fourth-order valence-electron chi connectivity index (χ4n) is 2.28. The van der Waals surface area contributed by atoms with E-state index >= 15 is 0 Å². The summed E-state index contributed by atoms with van der Waals surface area (Å²) in [5, 5.41) is 2.46. The van der Waals surface area contributed by atoms with Crippen LogP contribution in [0.25, 0.3) is 10.8 Å². The first kappa shape index (κ1) is 14.6. The standard InChI is InChI=1S/C19H22O/c1-18(2,3)20-19(4,5)13-12-15-10-11-16-8-6-7-9-17(16)14-15/h6-11,14H,1-5H3. The minimum atomic E-state index is -0.454. The largest absolute Gasteiger partial charge is 0.357 e. The summed E-state index contributed by atoms with van der Waals surface area (Å²) in [6.45, 7) is 10.2. The van der Waals surface area contributed by atoms with Gasteiger partial charge in [-0.05, 0) is 57.5 Å². The molecule has 0 bridgehead atoms. The summed E-state index contributed by atoms with van der Waals surface area (Å²) >= 11 is 0. The van der Waals surface area contributed by atoms with Crippen LogP contribution in [0.3, 0.4) is 0 Å². The maximum Gasteiger partial charge on any atom is 0.124 e. The molecule has 0 atom stereocenters. The Morgan fingerprint density at radius 3 is 2.15 bits per heavy atom. The maximum atomic E-state index is 5.96. The van der Waals surface area contributed by atoms with E-state index in [-0.39, 0.29) is 5.60 Å². The lowest BCUT2D eigenvalue weighted by Crippen LogP contribution is -2.33. The topological polar surface area (TPSA) is 9.23 Å². The third-order valence-corrected chi connectivity index (χ3v) is 2.82. The third-order valence-electron chi connectivity index (χ3n) is 2.82. The number of benzene rings is 2. The zero-order chi connectivity index (χ0) is 14.8. The van der Waals surface area contributed by atoms with Gasteiger partial charge >= 0.3 is 0 Å². The first-order valence-corrected chi connectivity index (χ1v) is 6.97. The van der Waals surface area contributed by atoms with Crippen molar-refractivity contribution in [3.8, 4) is 11.8 Å². The summed E-state index contributed by atoms with van der Waals surface area (Å²) in [6, 6.07) is 14.6. The molecular formula is C19H22O. The Kier molecular flexibility index (Phi) is 3.88. The van der Waals surface area contributed by atoms with Crippen molar-refractivity contribution in [1.82, 2.24) is 0 Å². The molecule has 2 rings (SSSR count). The second kappa shape index (κ2) is 5.31. The molecule has 0 aliphatic carbocycles. The highest BCUT2D eigenvalue weighted by atomic mass is 16.5. The van der Waals surface area contributed by atoms with Gasteiger partial charge in [0, 0.05) is 5.56 Å². The average Bonchev–Trinajstić information content (AvgIpc) is 2.33. The Morgan fingerprint density at radius 1 is 0.850 bits per heavy atom. The number of rotatable bonds is 1. The highest BCUT2D eigenvalue weighted by molar-refractivity contribution is 5.83. The first-order chi connectivity index (χ1) is 9.25. The summed E-state index contributed by atoms with van der Waals surface area (Å²) in [5.41, 5.74) is 0.375. The van der Waals surface area contributed by atoms with Crippen LogP contribution in [0, 0.1) is 11.8 Å². The van der Waals surface area contributed by atoms with Gasteiger partial charge in [-0.3, -0.25) is 0 Å². The highest BCUT2D eigenvalue weighted by Crippen LogP contribution is 2.19. The number of hydrogen-bond acceptors (Lipinski definition) is 1. The van der Waals surface area contributed by atoms with Crippen molar-refractivity contribution in [2.75, 3.05) is 0 Å². The van der Waals surface area contributed by atoms with Gasteiger partial charge in [-0.15, -0.1) is 0 Å². The molecule has 0 saturated carbocycles. The molecule has 0 radical (unpaired) electrons. The van der Waals surface area contributed by atoms with Crippen LogP contribution < -0.4 is 0 Å². The molecule has 2 aromatic rings. The van der Waals surface area contributed by atoms with Crippen molar-refractivity contribution in [3.05, 3.63) is 48.0 Å². The van der Waals surface area contributed by atoms with Crippen LogP contribution in [0.15, 0.2) is 42.5 Å². The van der Waals surface area contributed by atoms with Crippen molar-refractivity contribution in [1.29, 1.82) is 0 Å². The van der Waals surface area contributed by atoms with Crippen LogP contribution in [-0.4, -0.2) is 11.2 Å². The van der Waals surface area contributed by atoms with Gasteiger partial charge in [-0.25, -0.2) is 0 Å². The second-order valence-corrected chi connectivity index (χ2v) is 6.54. The molecule has 0 N–H and O–H groups in total. The highest BCUT2D eigenvalue weighted by Gasteiger charge is 2.23. The quantitative estimate of drug-likeness (QED) is 0.675. The molecule has 1 heteroatoms. The average molecular weight is 266 g/mol. The zero-order valence-corrected chi connectivity index (χ0v) is 12.9. The van der Waals surface area contributed by atoms with Crippen molar-refractivity contribution in [2.24, 2.45) is 0 Å². The van der Waals surface area contributed by atoms with Crippen molar-refractivity contribution >= 4 is 10.8 Å². The minimum absolute atomic E-state index is 0.193. The van der Waals surface area contributed by atoms with Crippen molar-refractivity contribution in [3.63, 3.8) is 0 Å². The lowest BCUT2D eigenvalue weighted by Gasteiger charge is -2.29. The maximum absolute atomic E-state index is 5.96. The molecule has 0 saturated heterocycles. The van der Waals surface area contributed by atoms with E-state index in [2.05, 4.69) is 42.2 Å². The Bertz CT molecular complexity index is 663. The van der Waals surface area contributed by atoms with E-state index in [1.807, 2.05) is 46.8 Å². The van der Waals surface area contributed by atoms with Gasteiger partial charge in [0.2, 0.25) is 0 Å². The molecule has 2 aromatic carbocycles. The van der Waals surface area contributed by atoms with E-state index in [1.54, 1.807) is 0 Å². The van der Waals surface area contributed by atoms with Gasteiger partial charge in [0.1, 0.15) is 5.60 Å². The van der Waals surface area contributed by atoms with Crippen LogP contribution >= 0.6 is 0 Å². The van der Waals surface area contributed by atoms with Crippen LogP contribution in [-0.2, 0) is 4.74 Å². The van der Waals surface area contributed by atoms with Crippen molar-refractivity contribution in [2.45, 2.75) is 45.8 Å². The molecule has 0 unspecified atom stereocenters. The van der Waals surface area contributed by atoms with Crippen molar-refractivity contribution < 1.29 is 4.74 Å². The normalized spacial score (nSPS) is 12.1. The van der Waals surface area contributed by atoms with Crippen LogP contribution in [0.1, 0.15) is 40.2 Å². The van der Waals surface area contributed by atoms with Gasteiger partial charge in [-0.1, -0.05) is 42.2 Å². The lowest BCUT2D eigenvalue weighted by atomic mass is 10.0. The van der Waals surface area contributed by atoms with Gasteiger partial charge in [0.15, 0.2) is 0 Å². The molecule has 0 aromatic heterocycles. The van der Waals surface area contributed by atoms with Gasteiger partial charge in [-0.2, -0.15) is 0 Å². The zero-order valence-electron chi connectivity index (χ0n) is 12.9. The predicted octanol–water partition coefficient (Wildman–Crippen LogP) is 4.79. The van der Waals surface area contributed by atoms with E-state index in [9.17, 15) is 0 Å². The summed E-state index contributed by atoms with van der Waals surface area (Å²) in [7, 11) is 0. The van der Waals surface area contributed by atoms with Gasteiger partial charge in [0.25, 0.3) is 0 Å². The molecule has 0 aliphatic rings. The predicted molar refractivity (Wildman–Crippen MR) is 85.7 cm³/mol. The molecular weight excluding hydrogens is 244 g/mol. The Balaban J connectivity index is 2.26. The van der Waals surface area contributed by atoms with E-state index in [4.69, 9.17) is 4.74 Å². The van der Waals surface area contributed by atoms with E-state index in [0.717, 1.165) is 5.56 Å². The van der Waals surface area contributed by atoms with Gasteiger partial charge in [0.05, 0.1) is 5.60 Å². The number of ether oxygens (including phenoxy) is 1. The summed E-state index contributed by atoms with van der Waals surface area (Å²) < 4.78 is 5.96. The third kappa shape index (κ3) is 4.11. The number of fused-ring (bicyclic) bond motifs is 1. The number of hydrogen-bond donors (Lipinski definition) is 0. The fraction of sp³-hybridized carbons (Fsp3) is 0.368. The SMILES string of the molecule is CC(C)(C)OC(C)(C)C#Cc1ccc2ccccc2c1. The molecule has 0 amide bonds. The monoisotopic (exact) mass is 266 g/mol. The van der Waals surface area contributed by atoms with Gasteiger partial charge < -0.3 is 4.74 Å². The van der Waals surface area contributed by atoms with E-state index in [1.165, 1.54) is 10.8 Å². The Hall–Kier alpha value is -1.78. The molecule has 0 spiro atoms. The Labute approximate surface area is 122 Å². The molecule has 1 nitrogen and oxygen atoms in total. The van der Waals surface area contributed by atoms with E-state index in [0.29, 0.717) is 0 Å². The minimum Gasteiger partial charge on any atom is -0.357 e. The molecule has 0 fully saturated rings. The second-order valence-electron chi connectivity index (χ2n) is 6.54. The molecule has 0 heterocycles. The van der Waals surface area contributed by atoms with Crippen LogP contribution in [0.4, 0.5) is 0 Å². The molecule has 104 valence electrons. The Morgan fingerprint density at radius 2 is 1.50 bits per heavy atom. The molecule has 20 heavy (non-hydrogen) atoms. The smallest absolute Gasteiger partial charge is 0.124 e. The fourth-order valence-corrected chi connectivity index (χ4v) is 2.28. The lowest BCUT2D eigenvalue weighted by molar-refractivity contribution is -0.0802. The summed E-state index contributed by atoms with van der Waals surface area (Å²) in [4.78, 5) is 0. The molecule has 0 aliphatic heterocycles. The van der Waals surface area contributed by atoms with Crippen LogP contribution in [0.2, 0.25) is 0 Å². The summed E-state index contributed by atoms with van der Waals surface area (Å²) in [5.74, 6) is 6.45. The first-order valence-electron chi connectivity index (χ1n) is 6.97. The summed E-state index contributed by atoms with van der Waals surface area (Å²) in [6.07, 6.45) is 0.